The van der Waals surface area contributed by atoms with Crippen LogP contribution in [0.3, 0.4) is 0 Å². The lowest BCUT2D eigenvalue weighted by molar-refractivity contribution is -0.187. The Kier molecular flexibility index (Phi) is 5.97. The predicted molar refractivity (Wildman–Crippen MR) is 94.4 cm³/mol. The summed E-state index contributed by atoms with van der Waals surface area (Å²) in [4.78, 5) is 12.4. The standard InChI is InChI=1S/C20H28O5/c1-22-18-10-9-15(13-19(18)23-2)17(21)8-6-7-16-14-24-20(25-16)11-4-3-5-12-20/h9-10,13,16H,3-8,11-12,14H2,1-2H3/t16-/m0/s1. The van der Waals surface area contributed by atoms with Gasteiger partial charge in [0.1, 0.15) is 0 Å². The summed E-state index contributed by atoms with van der Waals surface area (Å²) < 4.78 is 22.6. The van der Waals surface area contributed by atoms with Crippen molar-refractivity contribution in [3.63, 3.8) is 0 Å². The van der Waals surface area contributed by atoms with Crippen LogP contribution < -0.4 is 9.47 Å². The minimum Gasteiger partial charge on any atom is -0.493 e. The maximum absolute atomic E-state index is 12.4. The zero-order valence-corrected chi connectivity index (χ0v) is 15.2. The van der Waals surface area contributed by atoms with E-state index in [-0.39, 0.29) is 17.7 Å². The van der Waals surface area contributed by atoms with Gasteiger partial charge in [0, 0.05) is 24.8 Å². The maximum atomic E-state index is 12.4. The number of carbonyl (C=O) groups is 1. The van der Waals surface area contributed by atoms with Crippen molar-refractivity contribution in [2.24, 2.45) is 0 Å². The van der Waals surface area contributed by atoms with E-state index in [0.717, 1.165) is 25.7 Å². The summed E-state index contributed by atoms with van der Waals surface area (Å²) in [5.74, 6) is 1.01. The lowest BCUT2D eigenvalue weighted by Gasteiger charge is -2.31. The first-order valence-corrected chi connectivity index (χ1v) is 9.23. The number of hydrogen-bond acceptors (Lipinski definition) is 5. The number of hydrogen-bond donors (Lipinski definition) is 0. The van der Waals surface area contributed by atoms with E-state index in [9.17, 15) is 4.79 Å². The first-order chi connectivity index (χ1) is 12.2. The van der Waals surface area contributed by atoms with Gasteiger partial charge in [-0.25, -0.2) is 0 Å². The second-order valence-electron chi connectivity index (χ2n) is 6.91. The summed E-state index contributed by atoms with van der Waals surface area (Å²) in [7, 11) is 3.16. The lowest BCUT2D eigenvalue weighted by atomic mass is 9.94. The molecule has 1 atom stereocenters. The number of rotatable bonds is 7. The van der Waals surface area contributed by atoms with Crippen molar-refractivity contribution in [2.75, 3.05) is 20.8 Å². The largest absolute Gasteiger partial charge is 0.493 e. The highest BCUT2D eigenvalue weighted by atomic mass is 16.7. The average molecular weight is 348 g/mol. The van der Waals surface area contributed by atoms with Crippen LogP contribution in [0.25, 0.3) is 0 Å². The minimum absolute atomic E-state index is 0.118. The molecule has 0 N–H and O–H groups in total. The number of ketones is 1. The molecule has 1 aliphatic heterocycles. The molecule has 25 heavy (non-hydrogen) atoms. The Morgan fingerprint density at radius 3 is 2.64 bits per heavy atom. The summed E-state index contributed by atoms with van der Waals surface area (Å²) in [6.07, 6.45) is 7.95. The fraction of sp³-hybridized carbons (Fsp3) is 0.650. The van der Waals surface area contributed by atoms with Gasteiger partial charge in [0.05, 0.1) is 26.9 Å². The Balaban J connectivity index is 1.47. The van der Waals surface area contributed by atoms with E-state index >= 15 is 0 Å². The molecule has 1 aromatic rings. The van der Waals surface area contributed by atoms with Crippen LogP contribution in [0.4, 0.5) is 0 Å². The molecule has 5 nitrogen and oxygen atoms in total. The van der Waals surface area contributed by atoms with Gasteiger partial charge < -0.3 is 18.9 Å². The molecular formula is C20H28O5. The van der Waals surface area contributed by atoms with Crippen molar-refractivity contribution < 1.29 is 23.7 Å². The molecule has 1 spiro atoms. The Morgan fingerprint density at radius 2 is 1.92 bits per heavy atom. The van der Waals surface area contributed by atoms with E-state index in [1.54, 1.807) is 32.4 Å². The number of ether oxygens (including phenoxy) is 4. The number of methoxy groups -OCH3 is 2. The van der Waals surface area contributed by atoms with Crippen molar-refractivity contribution in [1.29, 1.82) is 0 Å². The molecule has 0 radical (unpaired) electrons. The quantitative estimate of drug-likeness (QED) is 0.694. The molecule has 1 saturated heterocycles. The number of Topliss-reactive ketones (excluding diaryl/α,β-unsaturated/α-hetero) is 1. The summed E-state index contributed by atoms with van der Waals surface area (Å²) in [6, 6.07) is 5.30. The van der Waals surface area contributed by atoms with Gasteiger partial charge in [0.15, 0.2) is 23.1 Å². The summed E-state index contributed by atoms with van der Waals surface area (Å²) in [6.45, 7) is 0.657. The molecule has 2 fully saturated rings. The van der Waals surface area contributed by atoms with Gasteiger partial charge in [0.2, 0.25) is 0 Å². The highest BCUT2D eigenvalue weighted by Gasteiger charge is 2.41. The Labute approximate surface area is 149 Å². The third kappa shape index (κ3) is 4.33. The smallest absolute Gasteiger partial charge is 0.168 e. The van der Waals surface area contributed by atoms with Gasteiger partial charge >= 0.3 is 0 Å². The van der Waals surface area contributed by atoms with Crippen LogP contribution >= 0.6 is 0 Å². The molecule has 0 bridgehead atoms. The Bertz CT molecular complexity index is 592. The van der Waals surface area contributed by atoms with E-state index in [2.05, 4.69) is 0 Å². The van der Waals surface area contributed by atoms with Gasteiger partial charge in [-0.15, -0.1) is 0 Å². The van der Waals surface area contributed by atoms with E-state index in [0.29, 0.717) is 30.1 Å². The van der Waals surface area contributed by atoms with Crippen LogP contribution in [-0.4, -0.2) is 38.5 Å². The minimum atomic E-state index is -0.323. The van der Waals surface area contributed by atoms with Gasteiger partial charge in [-0.3, -0.25) is 4.79 Å². The second kappa shape index (κ2) is 8.19. The zero-order valence-electron chi connectivity index (χ0n) is 15.2. The molecule has 0 aromatic heterocycles. The molecule has 0 amide bonds. The molecule has 1 aromatic carbocycles. The molecule has 138 valence electrons. The third-order valence-electron chi connectivity index (χ3n) is 5.16. The van der Waals surface area contributed by atoms with Crippen molar-refractivity contribution in [2.45, 2.75) is 63.3 Å². The van der Waals surface area contributed by atoms with Gasteiger partial charge in [0.25, 0.3) is 0 Å². The number of carbonyl (C=O) groups excluding carboxylic acids is 1. The maximum Gasteiger partial charge on any atom is 0.168 e. The molecule has 0 unspecified atom stereocenters. The molecule has 1 saturated carbocycles. The van der Waals surface area contributed by atoms with Gasteiger partial charge in [-0.1, -0.05) is 6.42 Å². The first kappa shape index (κ1) is 18.2. The topological polar surface area (TPSA) is 54.0 Å². The van der Waals surface area contributed by atoms with Crippen LogP contribution in [0.1, 0.15) is 61.7 Å². The van der Waals surface area contributed by atoms with Crippen LogP contribution in [0.2, 0.25) is 0 Å². The first-order valence-electron chi connectivity index (χ1n) is 9.23. The van der Waals surface area contributed by atoms with Crippen molar-refractivity contribution in [3.8, 4) is 11.5 Å². The average Bonchev–Trinajstić information content (AvgIpc) is 3.03. The molecule has 1 heterocycles. The highest BCUT2D eigenvalue weighted by Crippen LogP contribution is 2.38. The summed E-state index contributed by atoms with van der Waals surface area (Å²) in [5, 5.41) is 0. The fourth-order valence-corrected chi connectivity index (χ4v) is 3.76. The van der Waals surface area contributed by atoms with Crippen LogP contribution in [0, 0.1) is 0 Å². The van der Waals surface area contributed by atoms with E-state index < -0.39 is 0 Å². The highest BCUT2D eigenvalue weighted by molar-refractivity contribution is 5.96. The Morgan fingerprint density at radius 1 is 1.16 bits per heavy atom. The van der Waals surface area contributed by atoms with Crippen LogP contribution in [-0.2, 0) is 9.47 Å². The second-order valence-corrected chi connectivity index (χ2v) is 6.91. The third-order valence-corrected chi connectivity index (χ3v) is 5.16. The van der Waals surface area contributed by atoms with Crippen molar-refractivity contribution in [1.82, 2.24) is 0 Å². The molecule has 1 aliphatic carbocycles. The van der Waals surface area contributed by atoms with E-state index in [4.69, 9.17) is 18.9 Å². The Hall–Kier alpha value is -1.59. The fourth-order valence-electron chi connectivity index (χ4n) is 3.76. The zero-order chi connectivity index (χ0) is 17.7. The van der Waals surface area contributed by atoms with E-state index in [1.165, 1.54) is 19.3 Å². The molecule has 5 heteroatoms. The monoisotopic (exact) mass is 348 g/mol. The summed E-state index contributed by atoms with van der Waals surface area (Å²) in [5.41, 5.74) is 0.657. The normalized spacial score (nSPS) is 22.1. The molecule has 2 aliphatic rings. The van der Waals surface area contributed by atoms with Crippen LogP contribution in [0.15, 0.2) is 18.2 Å². The van der Waals surface area contributed by atoms with Crippen LogP contribution in [0.5, 0.6) is 11.5 Å². The van der Waals surface area contributed by atoms with Gasteiger partial charge in [-0.2, -0.15) is 0 Å². The van der Waals surface area contributed by atoms with Crippen molar-refractivity contribution >= 4 is 5.78 Å². The molecule has 3 rings (SSSR count). The number of benzene rings is 1. The molecular weight excluding hydrogens is 320 g/mol. The summed E-state index contributed by atoms with van der Waals surface area (Å²) >= 11 is 0. The SMILES string of the molecule is COc1ccc(C(=O)CCC[C@H]2COC3(CCCCC3)O2)cc1OC. The lowest BCUT2D eigenvalue weighted by Crippen LogP contribution is -2.33. The van der Waals surface area contributed by atoms with Gasteiger partial charge in [-0.05, 0) is 43.9 Å². The van der Waals surface area contributed by atoms with Crippen molar-refractivity contribution in [3.05, 3.63) is 23.8 Å². The predicted octanol–water partition coefficient (Wildman–Crippen LogP) is 4.13. The van der Waals surface area contributed by atoms with E-state index in [1.807, 2.05) is 0 Å².